The molecule has 1 aliphatic heterocycles. The Labute approximate surface area is 146 Å². The van der Waals surface area contributed by atoms with Gasteiger partial charge in [0.2, 0.25) is 0 Å². The van der Waals surface area contributed by atoms with Gasteiger partial charge in [0.1, 0.15) is 17.1 Å². The predicted molar refractivity (Wildman–Crippen MR) is 90.3 cm³/mol. The minimum absolute atomic E-state index is 0.279. The van der Waals surface area contributed by atoms with Crippen molar-refractivity contribution in [1.29, 1.82) is 0 Å². The minimum atomic E-state index is -1.31. The molecule has 0 radical (unpaired) electrons. The highest BCUT2D eigenvalue weighted by Gasteiger charge is 2.38. The van der Waals surface area contributed by atoms with E-state index in [2.05, 4.69) is 6.92 Å². The van der Waals surface area contributed by atoms with Gasteiger partial charge >= 0.3 is 11.9 Å². The molecule has 25 heavy (non-hydrogen) atoms. The second-order valence-corrected chi connectivity index (χ2v) is 6.37. The highest BCUT2D eigenvalue weighted by molar-refractivity contribution is 6.18. The average molecular weight is 350 g/mol. The Bertz CT molecular complexity index is 656. The van der Waals surface area contributed by atoms with Gasteiger partial charge in [0.25, 0.3) is 5.79 Å². The molecular formula is C19H23FO5. The third-order valence-corrected chi connectivity index (χ3v) is 3.59. The molecule has 1 aromatic carbocycles. The molecule has 1 fully saturated rings. The quantitative estimate of drug-likeness (QED) is 0.322. The number of rotatable bonds is 7. The van der Waals surface area contributed by atoms with Gasteiger partial charge in [-0.05, 0) is 30.2 Å². The van der Waals surface area contributed by atoms with Crippen molar-refractivity contribution in [1.82, 2.24) is 0 Å². The first-order valence-electron chi connectivity index (χ1n) is 8.42. The molecule has 0 saturated carbocycles. The van der Waals surface area contributed by atoms with Crippen LogP contribution in [0.25, 0.3) is 6.08 Å². The number of ether oxygens (including phenoxy) is 3. The summed E-state index contributed by atoms with van der Waals surface area (Å²) in [5.41, 5.74) is 0.0472. The molecule has 5 nitrogen and oxygen atoms in total. The number of hydrogen-bond acceptors (Lipinski definition) is 5. The Kier molecular flexibility index (Phi) is 6.17. The van der Waals surface area contributed by atoms with Crippen LogP contribution in [0.1, 0.15) is 52.0 Å². The second kappa shape index (κ2) is 8.14. The van der Waals surface area contributed by atoms with Gasteiger partial charge in [-0.1, -0.05) is 26.2 Å². The van der Waals surface area contributed by atoms with Crippen molar-refractivity contribution >= 4 is 18.0 Å². The van der Waals surface area contributed by atoms with E-state index in [9.17, 15) is 14.0 Å². The van der Waals surface area contributed by atoms with Crippen molar-refractivity contribution in [3.8, 4) is 5.75 Å². The van der Waals surface area contributed by atoms with Crippen molar-refractivity contribution in [2.24, 2.45) is 0 Å². The van der Waals surface area contributed by atoms with E-state index in [1.807, 2.05) is 0 Å². The van der Waals surface area contributed by atoms with Crippen molar-refractivity contribution in [2.75, 3.05) is 6.61 Å². The molecular weight excluding hydrogens is 327 g/mol. The van der Waals surface area contributed by atoms with E-state index in [-0.39, 0.29) is 5.57 Å². The highest BCUT2D eigenvalue weighted by Crippen LogP contribution is 2.25. The van der Waals surface area contributed by atoms with Gasteiger partial charge in [-0.2, -0.15) is 0 Å². The van der Waals surface area contributed by atoms with E-state index < -0.39 is 23.5 Å². The zero-order valence-corrected chi connectivity index (χ0v) is 14.8. The van der Waals surface area contributed by atoms with E-state index in [4.69, 9.17) is 14.2 Å². The van der Waals surface area contributed by atoms with Crippen LogP contribution in [-0.2, 0) is 19.1 Å². The fourth-order valence-corrected chi connectivity index (χ4v) is 2.42. The van der Waals surface area contributed by atoms with Crippen LogP contribution in [0.15, 0.2) is 23.8 Å². The van der Waals surface area contributed by atoms with Crippen LogP contribution in [0.4, 0.5) is 4.39 Å². The SMILES string of the molecule is CCCCCCOc1cc(F)cc(C=C2C(=O)OC(C)(C)OC2=O)c1. The van der Waals surface area contributed by atoms with Crippen LogP contribution in [0.3, 0.4) is 0 Å². The van der Waals surface area contributed by atoms with Crippen LogP contribution in [0.5, 0.6) is 5.75 Å². The summed E-state index contributed by atoms with van der Waals surface area (Å²) in [5, 5.41) is 0. The third kappa shape index (κ3) is 5.59. The van der Waals surface area contributed by atoms with Gasteiger partial charge in [-0.25, -0.2) is 14.0 Å². The lowest BCUT2D eigenvalue weighted by atomic mass is 10.1. The Morgan fingerprint density at radius 2 is 1.76 bits per heavy atom. The Morgan fingerprint density at radius 3 is 2.40 bits per heavy atom. The van der Waals surface area contributed by atoms with Gasteiger partial charge in [0.15, 0.2) is 0 Å². The molecule has 1 heterocycles. The van der Waals surface area contributed by atoms with Crippen molar-refractivity contribution in [2.45, 2.75) is 52.2 Å². The van der Waals surface area contributed by atoms with Gasteiger partial charge in [0.05, 0.1) is 6.61 Å². The van der Waals surface area contributed by atoms with Crippen molar-refractivity contribution in [3.63, 3.8) is 0 Å². The fraction of sp³-hybridized carbons (Fsp3) is 0.474. The minimum Gasteiger partial charge on any atom is -0.493 e. The average Bonchev–Trinajstić information content (AvgIpc) is 2.49. The Balaban J connectivity index is 2.11. The molecule has 0 bridgehead atoms. The largest absolute Gasteiger partial charge is 0.493 e. The number of carbonyl (C=O) groups excluding carboxylic acids is 2. The van der Waals surface area contributed by atoms with Crippen LogP contribution >= 0.6 is 0 Å². The summed E-state index contributed by atoms with van der Waals surface area (Å²) in [6, 6.07) is 4.04. The van der Waals surface area contributed by atoms with Crippen LogP contribution in [-0.4, -0.2) is 24.3 Å². The second-order valence-electron chi connectivity index (χ2n) is 6.37. The predicted octanol–water partition coefficient (Wildman–Crippen LogP) is 4.00. The smallest absolute Gasteiger partial charge is 0.348 e. The van der Waals surface area contributed by atoms with E-state index in [0.717, 1.165) is 25.7 Å². The summed E-state index contributed by atoms with van der Waals surface area (Å²) in [6.45, 7) is 5.53. The molecule has 0 spiro atoms. The fourth-order valence-electron chi connectivity index (χ4n) is 2.42. The molecule has 0 N–H and O–H groups in total. The summed E-state index contributed by atoms with van der Waals surface area (Å²) >= 11 is 0. The van der Waals surface area contributed by atoms with E-state index in [0.29, 0.717) is 17.9 Å². The zero-order chi connectivity index (χ0) is 18.4. The van der Waals surface area contributed by atoms with Gasteiger partial charge in [-0.15, -0.1) is 0 Å². The highest BCUT2D eigenvalue weighted by atomic mass is 19.1. The summed E-state index contributed by atoms with van der Waals surface area (Å²) in [4.78, 5) is 23.9. The summed E-state index contributed by atoms with van der Waals surface area (Å²) in [6.07, 6.45) is 5.43. The number of esters is 2. The van der Waals surface area contributed by atoms with Crippen molar-refractivity contribution < 1.29 is 28.2 Å². The molecule has 1 aromatic rings. The van der Waals surface area contributed by atoms with Gasteiger partial charge in [0, 0.05) is 19.9 Å². The Hall–Kier alpha value is -2.37. The standard InChI is InChI=1S/C19H23FO5/c1-4-5-6-7-8-23-15-10-13(9-14(20)12-15)11-16-17(21)24-19(2,3)25-18(16)22/h9-12H,4-8H2,1-3H3. The number of unbranched alkanes of at least 4 members (excludes halogenated alkanes) is 3. The van der Waals surface area contributed by atoms with Crippen LogP contribution in [0, 0.1) is 5.82 Å². The molecule has 0 aromatic heterocycles. The van der Waals surface area contributed by atoms with Crippen molar-refractivity contribution in [3.05, 3.63) is 35.2 Å². The van der Waals surface area contributed by atoms with E-state index >= 15 is 0 Å². The molecule has 0 aliphatic carbocycles. The van der Waals surface area contributed by atoms with Gasteiger partial charge < -0.3 is 14.2 Å². The summed E-state index contributed by atoms with van der Waals surface area (Å²) in [7, 11) is 0. The van der Waals surface area contributed by atoms with E-state index in [1.54, 1.807) is 6.07 Å². The summed E-state index contributed by atoms with van der Waals surface area (Å²) in [5.74, 6) is -3.07. The normalized spacial score (nSPS) is 16.2. The van der Waals surface area contributed by atoms with Gasteiger partial charge in [-0.3, -0.25) is 0 Å². The number of benzene rings is 1. The third-order valence-electron chi connectivity index (χ3n) is 3.59. The maximum Gasteiger partial charge on any atom is 0.348 e. The lowest BCUT2D eigenvalue weighted by Gasteiger charge is -2.29. The molecule has 0 amide bonds. The lowest BCUT2D eigenvalue weighted by molar-refractivity contribution is -0.222. The number of halogens is 1. The number of carbonyl (C=O) groups is 2. The molecule has 0 atom stereocenters. The van der Waals surface area contributed by atoms with Crippen LogP contribution < -0.4 is 4.74 Å². The first-order valence-corrected chi connectivity index (χ1v) is 8.42. The molecule has 1 saturated heterocycles. The lowest BCUT2D eigenvalue weighted by Crippen LogP contribution is -2.41. The molecule has 0 unspecified atom stereocenters. The maximum absolute atomic E-state index is 13.8. The maximum atomic E-state index is 13.8. The number of hydrogen-bond donors (Lipinski definition) is 0. The topological polar surface area (TPSA) is 61.8 Å². The first-order chi connectivity index (χ1) is 11.8. The molecule has 6 heteroatoms. The molecule has 136 valence electrons. The monoisotopic (exact) mass is 350 g/mol. The zero-order valence-electron chi connectivity index (χ0n) is 14.8. The van der Waals surface area contributed by atoms with E-state index in [1.165, 1.54) is 32.1 Å². The number of cyclic esters (lactones) is 2. The van der Waals surface area contributed by atoms with Crippen LogP contribution in [0.2, 0.25) is 0 Å². The molecule has 1 aliphatic rings. The summed E-state index contributed by atoms with van der Waals surface area (Å²) < 4.78 is 29.4. The first kappa shape index (κ1) is 19.0. The Morgan fingerprint density at radius 1 is 1.08 bits per heavy atom. The molecule has 2 rings (SSSR count).